The number of nitrogens with two attached hydrogens (primary N) is 1. The summed E-state index contributed by atoms with van der Waals surface area (Å²) in [5, 5.41) is 4.64. The molecule has 14 heavy (non-hydrogen) atoms. The van der Waals surface area contributed by atoms with Crippen molar-refractivity contribution in [2.75, 3.05) is 5.73 Å². The van der Waals surface area contributed by atoms with Crippen LogP contribution in [0.1, 0.15) is 0 Å². The molecule has 0 radical (unpaired) electrons. The first-order chi connectivity index (χ1) is 6.68. The molecule has 2 aromatic heterocycles. The molecule has 0 aliphatic rings. The number of pyridine rings is 1. The van der Waals surface area contributed by atoms with Gasteiger partial charge in [-0.15, -0.1) is 0 Å². The van der Waals surface area contributed by atoms with Crippen molar-refractivity contribution in [3.8, 4) is 11.4 Å². The van der Waals surface area contributed by atoms with E-state index in [9.17, 15) is 0 Å². The van der Waals surface area contributed by atoms with Crippen LogP contribution in [0.15, 0.2) is 24.5 Å². The van der Waals surface area contributed by atoms with E-state index in [2.05, 4.69) is 10.1 Å². The predicted molar refractivity (Wildman–Crippen MR) is 55.9 cm³/mol. The zero-order valence-electron chi connectivity index (χ0n) is 7.61. The molecular formula is C9H9ClN4. The maximum absolute atomic E-state index is 5.76. The first-order valence-corrected chi connectivity index (χ1v) is 4.45. The molecule has 0 unspecified atom stereocenters. The van der Waals surface area contributed by atoms with Crippen LogP contribution in [-0.2, 0) is 7.05 Å². The third-order valence-corrected chi connectivity index (χ3v) is 2.16. The van der Waals surface area contributed by atoms with Gasteiger partial charge in [0.15, 0.2) is 0 Å². The van der Waals surface area contributed by atoms with Gasteiger partial charge in [0.2, 0.25) is 0 Å². The summed E-state index contributed by atoms with van der Waals surface area (Å²) in [4.78, 5) is 4.17. The lowest BCUT2D eigenvalue weighted by molar-refractivity contribution is 0.773. The Hall–Kier alpha value is -1.55. The third-order valence-electron chi connectivity index (χ3n) is 1.94. The fraction of sp³-hybridized carbons (Fsp3) is 0.111. The van der Waals surface area contributed by atoms with Crippen LogP contribution in [0.5, 0.6) is 0 Å². The molecule has 0 amide bonds. The topological polar surface area (TPSA) is 56.7 Å². The summed E-state index contributed by atoms with van der Waals surface area (Å²) in [7, 11) is 1.82. The van der Waals surface area contributed by atoms with Gasteiger partial charge >= 0.3 is 0 Å². The van der Waals surface area contributed by atoms with E-state index in [1.165, 1.54) is 0 Å². The number of aryl methyl sites for hydroxylation is 1. The van der Waals surface area contributed by atoms with Gasteiger partial charge in [0.1, 0.15) is 5.69 Å². The summed E-state index contributed by atoms with van der Waals surface area (Å²) >= 11 is 5.74. The van der Waals surface area contributed by atoms with Crippen LogP contribution in [0.25, 0.3) is 11.4 Å². The third kappa shape index (κ3) is 1.44. The number of nitrogens with zero attached hydrogens (tertiary/aromatic N) is 3. The number of rotatable bonds is 1. The van der Waals surface area contributed by atoms with Gasteiger partial charge in [-0.1, -0.05) is 11.6 Å². The second kappa shape index (κ2) is 3.31. The minimum absolute atomic E-state index is 0.606. The minimum Gasteiger partial charge on any atom is -0.396 e. The number of nitrogen functional groups attached to an aromatic ring is 1. The van der Waals surface area contributed by atoms with E-state index < -0.39 is 0 Å². The highest BCUT2D eigenvalue weighted by atomic mass is 35.5. The van der Waals surface area contributed by atoms with Crippen LogP contribution >= 0.6 is 11.6 Å². The molecule has 0 atom stereocenters. The number of anilines is 1. The van der Waals surface area contributed by atoms with Crippen molar-refractivity contribution >= 4 is 17.3 Å². The van der Waals surface area contributed by atoms with E-state index >= 15 is 0 Å². The van der Waals surface area contributed by atoms with Crippen molar-refractivity contribution in [2.45, 2.75) is 0 Å². The predicted octanol–water partition coefficient (Wildman–Crippen LogP) is 1.72. The fourth-order valence-corrected chi connectivity index (χ4v) is 1.40. The highest BCUT2D eigenvalue weighted by molar-refractivity contribution is 6.30. The summed E-state index contributed by atoms with van der Waals surface area (Å²) < 4.78 is 1.69. The zero-order valence-corrected chi connectivity index (χ0v) is 8.36. The van der Waals surface area contributed by atoms with Crippen molar-refractivity contribution < 1.29 is 0 Å². The first kappa shape index (κ1) is 9.02. The molecule has 4 nitrogen and oxygen atoms in total. The van der Waals surface area contributed by atoms with Crippen molar-refractivity contribution in [3.63, 3.8) is 0 Å². The van der Waals surface area contributed by atoms with E-state index in [0.29, 0.717) is 10.7 Å². The molecule has 72 valence electrons. The molecule has 0 saturated heterocycles. The van der Waals surface area contributed by atoms with E-state index in [1.807, 2.05) is 13.1 Å². The number of hydrogen-bond acceptors (Lipinski definition) is 3. The molecule has 2 N–H and O–H groups in total. The maximum Gasteiger partial charge on any atom is 0.109 e. The van der Waals surface area contributed by atoms with Gasteiger partial charge in [-0.3, -0.25) is 9.67 Å². The second-order valence-corrected chi connectivity index (χ2v) is 3.37. The smallest absolute Gasteiger partial charge is 0.109 e. The van der Waals surface area contributed by atoms with Gasteiger partial charge in [-0.2, -0.15) is 5.10 Å². The molecule has 0 fully saturated rings. The normalized spacial score (nSPS) is 10.4. The summed E-state index contributed by atoms with van der Waals surface area (Å²) in [6.45, 7) is 0. The lowest BCUT2D eigenvalue weighted by Crippen LogP contribution is -1.97. The van der Waals surface area contributed by atoms with Gasteiger partial charge in [-0.05, 0) is 12.1 Å². The number of halogens is 1. The lowest BCUT2D eigenvalue weighted by atomic mass is 10.2. The Balaban J connectivity index is 2.54. The SMILES string of the molecule is Cn1ncc(N)c1-c1ccc(Cl)cn1. The van der Waals surface area contributed by atoms with E-state index in [4.69, 9.17) is 17.3 Å². The largest absolute Gasteiger partial charge is 0.396 e. The average molecular weight is 209 g/mol. The monoisotopic (exact) mass is 208 g/mol. The van der Waals surface area contributed by atoms with Gasteiger partial charge in [0, 0.05) is 13.2 Å². The molecule has 2 heterocycles. The molecule has 0 bridgehead atoms. The van der Waals surface area contributed by atoms with Gasteiger partial charge in [0.05, 0.1) is 22.6 Å². The van der Waals surface area contributed by atoms with Gasteiger partial charge in [0.25, 0.3) is 0 Å². The van der Waals surface area contributed by atoms with Crippen molar-refractivity contribution in [1.82, 2.24) is 14.8 Å². The van der Waals surface area contributed by atoms with E-state index in [-0.39, 0.29) is 0 Å². The first-order valence-electron chi connectivity index (χ1n) is 4.08. The van der Waals surface area contributed by atoms with Crippen LogP contribution in [0.3, 0.4) is 0 Å². The van der Waals surface area contributed by atoms with Crippen LogP contribution in [0.2, 0.25) is 5.02 Å². The minimum atomic E-state index is 0.606. The van der Waals surface area contributed by atoms with Crippen molar-refractivity contribution in [3.05, 3.63) is 29.5 Å². The van der Waals surface area contributed by atoms with Crippen LogP contribution in [0.4, 0.5) is 5.69 Å². The van der Waals surface area contributed by atoms with Crippen molar-refractivity contribution in [2.24, 2.45) is 7.05 Å². The Morgan fingerprint density at radius 1 is 1.36 bits per heavy atom. The van der Waals surface area contributed by atoms with Crippen molar-refractivity contribution in [1.29, 1.82) is 0 Å². The molecule has 0 aliphatic heterocycles. The highest BCUT2D eigenvalue weighted by Gasteiger charge is 2.08. The fourth-order valence-electron chi connectivity index (χ4n) is 1.28. The molecule has 0 aliphatic carbocycles. The van der Waals surface area contributed by atoms with Crippen LogP contribution in [0, 0.1) is 0 Å². The Kier molecular flexibility index (Phi) is 2.13. The lowest BCUT2D eigenvalue weighted by Gasteiger charge is -2.02. The summed E-state index contributed by atoms with van der Waals surface area (Å²) in [6, 6.07) is 3.59. The van der Waals surface area contributed by atoms with Gasteiger partial charge < -0.3 is 5.73 Å². The van der Waals surface area contributed by atoms with Crippen LogP contribution in [-0.4, -0.2) is 14.8 Å². The Morgan fingerprint density at radius 3 is 2.64 bits per heavy atom. The highest BCUT2D eigenvalue weighted by Crippen LogP contribution is 2.23. The maximum atomic E-state index is 5.76. The average Bonchev–Trinajstić information content (AvgIpc) is 2.49. The second-order valence-electron chi connectivity index (χ2n) is 2.93. The van der Waals surface area contributed by atoms with Gasteiger partial charge in [-0.25, -0.2) is 0 Å². The van der Waals surface area contributed by atoms with E-state index in [0.717, 1.165) is 11.4 Å². The summed E-state index contributed by atoms with van der Waals surface area (Å²) in [6.07, 6.45) is 3.19. The molecular weight excluding hydrogens is 200 g/mol. The summed E-state index contributed by atoms with van der Waals surface area (Å²) in [5.41, 5.74) is 7.95. The molecule has 2 rings (SSSR count). The molecule has 0 spiro atoms. The number of hydrogen-bond donors (Lipinski definition) is 1. The number of aromatic nitrogens is 3. The Labute approximate surface area is 86.3 Å². The standard InChI is InChI=1S/C9H9ClN4/c1-14-9(7(11)5-13-14)8-3-2-6(10)4-12-8/h2-5H,11H2,1H3. The van der Waals surface area contributed by atoms with E-state index in [1.54, 1.807) is 23.1 Å². The molecule has 0 saturated carbocycles. The molecule has 5 heteroatoms. The molecule has 2 aromatic rings. The summed E-state index contributed by atoms with van der Waals surface area (Å²) in [5.74, 6) is 0. The molecule has 0 aromatic carbocycles. The zero-order chi connectivity index (χ0) is 10.1. The quantitative estimate of drug-likeness (QED) is 0.777. The Bertz CT molecular complexity index is 427. The van der Waals surface area contributed by atoms with Crippen LogP contribution < -0.4 is 5.73 Å². The Morgan fingerprint density at radius 2 is 2.14 bits per heavy atom.